The molecule has 0 aromatic heterocycles. The molecule has 0 aliphatic carbocycles. The summed E-state index contributed by atoms with van der Waals surface area (Å²) in [6.07, 6.45) is 2.47. The van der Waals surface area contributed by atoms with Gasteiger partial charge < -0.3 is 5.73 Å². The van der Waals surface area contributed by atoms with Crippen LogP contribution in [0.1, 0.15) is 26.2 Å². The molecule has 1 aliphatic heterocycles. The van der Waals surface area contributed by atoms with Crippen molar-refractivity contribution in [2.24, 2.45) is 11.7 Å². The van der Waals surface area contributed by atoms with Gasteiger partial charge in [-0.15, -0.1) is 0 Å². The third-order valence-electron chi connectivity index (χ3n) is 2.64. The summed E-state index contributed by atoms with van der Waals surface area (Å²) in [6.45, 7) is 4.07. The van der Waals surface area contributed by atoms with E-state index in [0.29, 0.717) is 32.0 Å². The summed E-state index contributed by atoms with van der Waals surface area (Å²) < 4.78 is 25.1. The Bertz CT molecular complexity index is 264. The molecule has 84 valence electrons. The Morgan fingerprint density at radius 3 is 2.64 bits per heavy atom. The van der Waals surface area contributed by atoms with E-state index in [2.05, 4.69) is 6.92 Å². The zero-order chi connectivity index (χ0) is 10.6. The molecule has 1 unspecified atom stereocenters. The molecule has 0 bridgehead atoms. The normalized spacial score (nSPS) is 24.3. The van der Waals surface area contributed by atoms with E-state index in [1.54, 1.807) is 4.31 Å². The van der Waals surface area contributed by atoms with Gasteiger partial charge in [0, 0.05) is 13.1 Å². The Hall–Kier alpha value is -0.130. The second-order valence-electron chi connectivity index (χ2n) is 4.06. The van der Waals surface area contributed by atoms with Gasteiger partial charge in [-0.1, -0.05) is 6.92 Å². The van der Waals surface area contributed by atoms with Gasteiger partial charge >= 0.3 is 0 Å². The van der Waals surface area contributed by atoms with Crippen molar-refractivity contribution in [2.45, 2.75) is 26.2 Å². The fourth-order valence-electron chi connectivity index (χ4n) is 1.71. The van der Waals surface area contributed by atoms with Crippen LogP contribution in [0, 0.1) is 5.92 Å². The molecule has 0 aromatic carbocycles. The van der Waals surface area contributed by atoms with Crippen molar-refractivity contribution in [3.8, 4) is 0 Å². The van der Waals surface area contributed by atoms with Crippen LogP contribution in [0.4, 0.5) is 0 Å². The first kappa shape index (κ1) is 11.9. The van der Waals surface area contributed by atoms with E-state index in [1.807, 2.05) is 0 Å². The number of unbranched alkanes of at least 4 members (excludes halogenated alkanes) is 1. The first-order valence-corrected chi connectivity index (χ1v) is 6.85. The standard InChI is InChI=1S/C9H20N2O2S/c1-9-4-6-11(8-9)14(12,13)7-3-2-5-10/h9H,2-8,10H2,1H3. The van der Waals surface area contributed by atoms with Crippen molar-refractivity contribution in [2.75, 3.05) is 25.4 Å². The molecule has 0 radical (unpaired) electrons. The van der Waals surface area contributed by atoms with Crippen molar-refractivity contribution in [1.29, 1.82) is 0 Å². The minimum Gasteiger partial charge on any atom is -0.330 e. The quantitative estimate of drug-likeness (QED) is 0.682. The van der Waals surface area contributed by atoms with E-state index >= 15 is 0 Å². The van der Waals surface area contributed by atoms with Gasteiger partial charge in [-0.2, -0.15) is 0 Å². The molecule has 14 heavy (non-hydrogen) atoms. The molecule has 1 fully saturated rings. The Kier molecular flexibility index (Phi) is 4.34. The van der Waals surface area contributed by atoms with Crippen LogP contribution in [0.15, 0.2) is 0 Å². The highest BCUT2D eigenvalue weighted by molar-refractivity contribution is 7.89. The maximum absolute atomic E-state index is 11.7. The predicted octanol–water partition coefficient (Wildman–Crippen LogP) is 0.397. The number of sulfonamides is 1. The fourth-order valence-corrected chi connectivity index (χ4v) is 3.40. The summed E-state index contributed by atoms with van der Waals surface area (Å²) >= 11 is 0. The van der Waals surface area contributed by atoms with Crippen molar-refractivity contribution in [3.05, 3.63) is 0 Å². The minimum absolute atomic E-state index is 0.261. The minimum atomic E-state index is -2.99. The summed E-state index contributed by atoms with van der Waals surface area (Å²) in [4.78, 5) is 0. The van der Waals surface area contributed by atoms with Crippen molar-refractivity contribution in [3.63, 3.8) is 0 Å². The lowest BCUT2D eigenvalue weighted by molar-refractivity contribution is 0.462. The zero-order valence-corrected chi connectivity index (χ0v) is 9.59. The highest BCUT2D eigenvalue weighted by atomic mass is 32.2. The number of hydrogen-bond acceptors (Lipinski definition) is 3. The van der Waals surface area contributed by atoms with Crippen LogP contribution in [0.5, 0.6) is 0 Å². The summed E-state index contributed by atoms with van der Waals surface area (Å²) in [5, 5.41) is 0. The molecule has 1 rings (SSSR count). The third-order valence-corrected chi connectivity index (χ3v) is 4.56. The van der Waals surface area contributed by atoms with Crippen LogP contribution in [0.3, 0.4) is 0 Å². The average molecular weight is 220 g/mol. The maximum atomic E-state index is 11.7. The second-order valence-corrected chi connectivity index (χ2v) is 6.15. The van der Waals surface area contributed by atoms with Gasteiger partial charge in [-0.3, -0.25) is 0 Å². The van der Waals surface area contributed by atoms with Crippen LogP contribution in [0.25, 0.3) is 0 Å². The summed E-state index contributed by atoms with van der Waals surface area (Å²) in [6, 6.07) is 0. The summed E-state index contributed by atoms with van der Waals surface area (Å²) in [5.41, 5.74) is 5.32. The molecule has 4 nitrogen and oxygen atoms in total. The molecule has 0 spiro atoms. The van der Waals surface area contributed by atoms with E-state index in [9.17, 15) is 8.42 Å². The fraction of sp³-hybridized carbons (Fsp3) is 1.00. The van der Waals surface area contributed by atoms with Gasteiger partial charge in [0.25, 0.3) is 0 Å². The van der Waals surface area contributed by atoms with Gasteiger partial charge in [0.2, 0.25) is 10.0 Å². The summed E-state index contributed by atoms with van der Waals surface area (Å²) in [5.74, 6) is 0.774. The number of rotatable bonds is 5. The molecule has 5 heteroatoms. The number of hydrogen-bond donors (Lipinski definition) is 1. The molecular weight excluding hydrogens is 200 g/mol. The maximum Gasteiger partial charge on any atom is 0.214 e. The smallest absolute Gasteiger partial charge is 0.214 e. The van der Waals surface area contributed by atoms with Gasteiger partial charge in [0.15, 0.2) is 0 Å². The number of nitrogens with zero attached hydrogens (tertiary/aromatic N) is 1. The zero-order valence-electron chi connectivity index (χ0n) is 8.78. The van der Waals surface area contributed by atoms with Crippen LogP contribution in [-0.4, -0.2) is 38.1 Å². The SMILES string of the molecule is CC1CCN(S(=O)(=O)CCCCN)C1. The second kappa shape index (κ2) is 5.09. The molecule has 0 amide bonds. The first-order chi connectivity index (χ1) is 6.56. The van der Waals surface area contributed by atoms with E-state index in [1.165, 1.54) is 0 Å². The molecule has 0 saturated carbocycles. The van der Waals surface area contributed by atoms with Crippen LogP contribution < -0.4 is 5.73 Å². The van der Waals surface area contributed by atoms with Crippen LogP contribution in [-0.2, 0) is 10.0 Å². The molecular formula is C9H20N2O2S. The summed E-state index contributed by atoms with van der Waals surface area (Å²) in [7, 11) is -2.99. The highest BCUT2D eigenvalue weighted by Crippen LogP contribution is 2.19. The first-order valence-electron chi connectivity index (χ1n) is 5.24. The number of nitrogens with two attached hydrogens (primary N) is 1. The van der Waals surface area contributed by atoms with Gasteiger partial charge in [-0.05, 0) is 31.7 Å². The predicted molar refractivity (Wildman–Crippen MR) is 57.4 cm³/mol. The van der Waals surface area contributed by atoms with E-state index in [4.69, 9.17) is 5.73 Å². The molecule has 1 heterocycles. The van der Waals surface area contributed by atoms with Crippen LogP contribution in [0.2, 0.25) is 0 Å². The van der Waals surface area contributed by atoms with Crippen molar-refractivity contribution >= 4 is 10.0 Å². The van der Waals surface area contributed by atoms with Crippen molar-refractivity contribution in [1.82, 2.24) is 4.31 Å². The molecule has 1 atom stereocenters. The lowest BCUT2D eigenvalue weighted by Gasteiger charge is -2.15. The van der Waals surface area contributed by atoms with Gasteiger partial charge in [0.1, 0.15) is 0 Å². The largest absolute Gasteiger partial charge is 0.330 e. The Morgan fingerprint density at radius 2 is 2.14 bits per heavy atom. The molecule has 1 saturated heterocycles. The van der Waals surface area contributed by atoms with E-state index < -0.39 is 10.0 Å². The third kappa shape index (κ3) is 3.22. The topological polar surface area (TPSA) is 63.4 Å². The Balaban J connectivity index is 2.41. The molecule has 2 N–H and O–H groups in total. The average Bonchev–Trinajstić information content (AvgIpc) is 2.53. The van der Waals surface area contributed by atoms with Gasteiger partial charge in [0.05, 0.1) is 5.75 Å². The van der Waals surface area contributed by atoms with E-state index in [0.717, 1.165) is 12.8 Å². The molecule has 1 aliphatic rings. The Morgan fingerprint density at radius 1 is 1.43 bits per heavy atom. The molecule has 0 aromatic rings. The monoisotopic (exact) mass is 220 g/mol. The van der Waals surface area contributed by atoms with E-state index in [-0.39, 0.29) is 5.75 Å². The van der Waals surface area contributed by atoms with Gasteiger partial charge in [-0.25, -0.2) is 12.7 Å². The van der Waals surface area contributed by atoms with Crippen LogP contribution >= 0.6 is 0 Å². The van der Waals surface area contributed by atoms with Crippen molar-refractivity contribution < 1.29 is 8.42 Å². The highest BCUT2D eigenvalue weighted by Gasteiger charge is 2.28. The lowest BCUT2D eigenvalue weighted by Crippen LogP contribution is -2.31. The Labute approximate surface area is 86.5 Å². The lowest BCUT2D eigenvalue weighted by atomic mass is 10.2.